The van der Waals surface area contributed by atoms with Crippen LogP contribution in [0, 0.1) is 0 Å². The minimum atomic E-state index is -1.17. The smallest absolute Gasteiger partial charge is 0.526 e. The predicted octanol–water partition coefficient (Wildman–Crippen LogP) is 4.08. The monoisotopic (exact) mass is 388 g/mol. The maximum atomic E-state index is 13.0. The molecule has 146 valence electrons. The highest BCUT2D eigenvalue weighted by Gasteiger charge is 2.38. The summed E-state index contributed by atoms with van der Waals surface area (Å²) < 4.78 is 10.7. The Morgan fingerprint density at radius 3 is 2.62 bits per heavy atom. The van der Waals surface area contributed by atoms with E-state index in [1.807, 2.05) is 48.5 Å². The molecule has 0 spiro atoms. The van der Waals surface area contributed by atoms with Crippen molar-refractivity contribution in [3.63, 3.8) is 0 Å². The van der Waals surface area contributed by atoms with Gasteiger partial charge in [0.05, 0.1) is 6.61 Å². The van der Waals surface area contributed by atoms with Crippen LogP contribution in [-0.4, -0.2) is 30.5 Å². The summed E-state index contributed by atoms with van der Waals surface area (Å²) in [7, 11) is -1.17. The third-order valence-electron chi connectivity index (χ3n) is 5.25. The van der Waals surface area contributed by atoms with E-state index >= 15 is 0 Å². The van der Waals surface area contributed by atoms with Gasteiger partial charge >= 0.3 is 13.1 Å². The van der Waals surface area contributed by atoms with Gasteiger partial charge in [0.1, 0.15) is 11.3 Å². The lowest BCUT2D eigenvalue weighted by Gasteiger charge is -2.28. The Morgan fingerprint density at radius 2 is 1.79 bits per heavy atom. The number of esters is 1. The lowest BCUT2D eigenvalue weighted by molar-refractivity contribution is 0.0523. The minimum absolute atomic E-state index is 0.0422. The molecule has 3 aromatic rings. The maximum absolute atomic E-state index is 13.0. The van der Waals surface area contributed by atoms with Gasteiger partial charge in [-0.05, 0) is 35.7 Å². The maximum Gasteiger partial charge on any atom is 0.526 e. The topological polar surface area (TPSA) is 72.8 Å². The molecule has 0 saturated heterocycles. The molecule has 1 heterocycles. The first-order chi connectivity index (χ1) is 14.1. The molecule has 0 radical (unpaired) electrons. The third kappa shape index (κ3) is 3.76. The number of carbonyl (C=O) groups excluding carboxylic acids is 2. The van der Waals surface area contributed by atoms with Crippen LogP contribution < -0.4 is 4.65 Å². The molecule has 0 bridgehead atoms. The van der Waals surface area contributed by atoms with E-state index in [0.717, 1.165) is 16.3 Å². The summed E-state index contributed by atoms with van der Waals surface area (Å²) in [4.78, 5) is 25.2. The van der Waals surface area contributed by atoms with Crippen LogP contribution in [0.1, 0.15) is 39.6 Å². The quantitative estimate of drug-likeness (QED) is 0.405. The largest absolute Gasteiger partial charge is 0.535 e. The summed E-state index contributed by atoms with van der Waals surface area (Å²) in [6.45, 7) is 1.99. The Balaban J connectivity index is 1.58. The zero-order chi connectivity index (χ0) is 20.4. The van der Waals surface area contributed by atoms with Crippen molar-refractivity contribution in [2.45, 2.75) is 25.6 Å². The van der Waals surface area contributed by atoms with Gasteiger partial charge in [0.2, 0.25) is 0 Å². The molecule has 1 atom stereocenters. The van der Waals surface area contributed by atoms with Crippen LogP contribution in [0.5, 0.6) is 5.75 Å². The number of ketones is 1. The second kappa shape index (κ2) is 8.09. The van der Waals surface area contributed by atoms with Gasteiger partial charge in [-0.25, -0.2) is 4.79 Å². The zero-order valence-electron chi connectivity index (χ0n) is 16.1. The van der Waals surface area contributed by atoms with E-state index in [4.69, 9.17) is 9.39 Å². The van der Waals surface area contributed by atoms with E-state index < -0.39 is 18.9 Å². The fourth-order valence-electron chi connectivity index (χ4n) is 3.84. The summed E-state index contributed by atoms with van der Waals surface area (Å²) in [5, 5.41) is 12.4. The van der Waals surface area contributed by atoms with Crippen molar-refractivity contribution < 1.29 is 24.0 Å². The fraction of sp³-hybridized carbons (Fsp3) is 0.217. The van der Waals surface area contributed by atoms with Gasteiger partial charge in [0.15, 0.2) is 5.78 Å². The lowest BCUT2D eigenvalue weighted by atomic mass is 9.64. The summed E-state index contributed by atoms with van der Waals surface area (Å²) in [6, 6.07) is 18.6. The molecular formula is C23H21BO5. The molecular weight excluding hydrogens is 367 g/mol. The molecule has 1 aliphatic heterocycles. The predicted molar refractivity (Wildman–Crippen MR) is 111 cm³/mol. The number of carbonyl (C=O) groups is 2. The van der Waals surface area contributed by atoms with Crippen LogP contribution in [0.15, 0.2) is 60.7 Å². The molecule has 0 saturated carbocycles. The average molecular weight is 388 g/mol. The second-order valence-corrected chi connectivity index (χ2v) is 7.14. The van der Waals surface area contributed by atoms with E-state index in [2.05, 4.69) is 0 Å². The Labute approximate surface area is 169 Å². The number of hydrogen-bond acceptors (Lipinski definition) is 5. The molecule has 0 amide bonds. The highest BCUT2D eigenvalue weighted by atomic mass is 16.5. The van der Waals surface area contributed by atoms with Crippen molar-refractivity contribution >= 4 is 29.6 Å². The molecule has 0 fully saturated rings. The van der Waals surface area contributed by atoms with Gasteiger partial charge in [-0.3, -0.25) is 4.79 Å². The van der Waals surface area contributed by atoms with Crippen molar-refractivity contribution in [1.29, 1.82) is 0 Å². The second-order valence-electron chi connectivity index (χ2n) is 7.14. The molecule has 3 aromatic carbocycles. The zero-order valence-corrected chi connectivity index (χ0v) is 16.1. The van der Waals surface area contributed by atoms with Gasteiger partial charge in [-0.2, -0.15) is 0 Å². The third-order valence-corrected chi connectivity index (χ3v) is 5.25. The van der Waals surface area contributed by atoms with Gasteiger partial charge in [0.25, 0.3) is 0 Å². The van der Waals surface area contributed by atoms with E-state index in [1.54, 1.807) is 19.1 Å². The normalized spacial score (nSPS) is 15.5. The van der Waals surface area contributed by atoms with Gasteiger partial charge in [-0.15, -0.1) is 0 Å². The number of para-hydroxylation sites is 1. The van der Waals surface area contributed by atoms with Crippen LogP contribution in [0.4, 0.5) is 0 Å². The van der Waals surface area contributed by atoms with E-state index in [9.17, 15) is 14.6 Å². The number of Topliss-reactive ketones (excluding diaryl/α,β-unsaturated/α-hetero) is 1. The van der Waals surface area contributed by atoms with Gasteiger partial charge in [-0.1, -0.05) is 54.6 Å². The Hall–Kier alpha value is -3.12. The fourth-order valence-corrected chi connectivity index (χ4v) is 3.84. The molecule has 1 aliphatic rings. The lowest BCUT2D eigenvalue weighted by Crippen LogP contribution is -2.36. The van der Waals surface area contributed by atoms with Crippen molar-refractivity contribution in [2.24, 2.45) is 0 Å². The average Bonchev–Trinajstić information content (AvgIpc) is 2.73. The van der Waals surface area contributed by atoms with Crippen molar-refractivity contribution in [3.8, 4) is 5.75 Å². The molecule has 6 heteroatoms. The number of rotatable bonds is 5. The summed E-state index contributed by atoms with van der Waals surface area (Å²) in [6.07, 6.45) is 0.596. The molecule has 0 aromatic heterocycles. The first-order valence-corrected chi connectivity index (χ1v) is 9.73. The van der Waals surface area contributed by atoms with Crippen molar-refractivity contribution in [1.82, 2.24) is 0 Å². The SMILES string of the molecule is CCOC(=O)c1cccc2c1OB(O)[C@@H](CC(=O)c1cccc3ccccc13)C2. The van der Waals surface area contributed by atoms with Crippen LogP contribution in [0.2, 0.25) is 5.82 Å². The molecule has 1 N–H and O–H groups in total. The van der Waals surface area contributed by atoms with Crippen molar-refractivity contribution in [2.75, 3.05) is 6.61 Å². The molecule has 29 heavy (non-hydrogen) atoms. The van der Waals surface area contributed by atoms with Gasteiger partial charge in [0, 0.05) is 17.8 Å². The number of ether oxygens (including phenoxy) is 1. The van der Waals surface area contributed by atoms with E-state index in [1.165, 1.54) is 0 Å². The Morgan fingerprint density at radius 1 is 1.07 bits per heavy atom. The van der Waals surface area contributed by atoms with E-state index in [-0.39, 0.29) is 18.8 Å². The summed E-state index contributed by atoms with van der Waals surface area (Å²) >= 11 is 0. The first kappa shape index (κ1) is 19.2. The Kier molecular flexibility index (Phi) is 5.36. The number of hydrogen-bond donors (Lipinski definition) is 1. The van der Waals surface area contributed by atoms with Crippen LogP contribution in [-0.2, 0) is 11.2 Å². The van der Waals surface area contributed by atoms with Gasteiger partial charge < -0.3 is 14.4 Å². The molecule has 0 aliphatic carbocycles. The highest BCUT2D eigenvalue weighted by molar-refractivity contribution is 6.47. The Bertz CT molecular complexity index is 1070. The first-order valence-electron chi connectivity index (χ1n) is 9.73. The minimum Gasteiger partial charge on any atom is -0.535 e. The standard InChI is InChI=1S/C23H21BO5/c1-2-28-23(26)20-12-6-9-16-13-17(24(27)29-22(16)20)14-21(25)19-11-5-8-15-7-3-4-10-18(15)19/h3-12,17,27H,2,13-14H2,1H3/t17-/m1/s1. The van der Waals surface area contributed by atoms with Crippen LogP contribution >= 0.6 is 0 Å². The number of benzene rings is 3. The molecule has 4 rings (SSSR count). The summed E-state index contributed by atoms with van der Waals surface area (Å²) in [5.41, 5.74) is 1.72. The molecule has 0 unspecified atom stereocenters. The van der Waals surface area contributed by atoms with Crippen LogP contribution in [0.3, 0.4) is 0 Å². The van der Waals surface area contributed by atoms with Crippen molar-refractivity contribution in [3.05, 3.63) is 77.4 Å². The highest BCUT2D eigenvalue weighted by Crippen LogP contribution is 2.37. The van der Waals surface area contributed by atoms with E-state index in [0.29, 0.717) is 23.3 Å². The number of fused-ring (bicyclic) bond motifs is 2. The summed E-state index contributed by atoms with van der Waals surface area (Å²) in [5.74, 6) is -0.583. The van der Waals surface area contributed by atoms with Crippen LogP contribution in [0.25, 0.3) is 10.8 Å². The molecule has 5 nitrogen and oxygen atoms in total.